The molecule has 0 radical (unpaired) electrons. The lowest BCUT2D eigenvalue weighted by molar-refractivity contribution is -0.791. The largest absolute Gasteiger partial charge is 0.523 e. The predicted molar refractivity (Wildman–Crippen MR) is 124 cm³/mol. The number of aliphatic hydroxyl groups is 1. The molecule has 4 amide bonds. The van der Waals surface area contributed by atoms with Crippen LogP contribution in [0.1, 0.15) is 35.7 Å². The van der Waals surface area contributed by atoms with Gasteiger partial charge in [-0.2, -0.15) is 4.79 Å². The van der Waals surface area contributed by atoms with Crippen molar-refractivity contribution in [2.75, 3.05) is 20.1 Å². The van der Waals surface area contributed by atoms with E-state index in [-0.39, 0.29) is 25.0 Å². The highest BCUT2D eigenvalue weighted by Crippen LogP contribution is 2.29. The second-order valence-electron chi connectivity index (χ2n) is 8.73. The van der Waals surface area contributed by atoms with Crippen LogP contribution in [0, 0.1) is 0 Å². The number of quaternary nitrogens is 1. The molecule has 0 bridgehead atoms. The molecular formula is C25H32N3O5+. The van der Waals surface area contributed by atoms with E-state index in [1.165, 1.54) is 11.9 Å². The van der Waals surface area contributed by atoms with E-state index in [2.05, 4.69) is 5.32 Å². The van der Waals surface area contributed by atoms with Crippen LogP contribution in [0.25, 0.3) is 0 Å². The van der Waals surface area contributed by atoms with Gasteiger partial charge >= 0.3 is 12.1 Å². The number of carbonyl (C=O) groups is 3. The quantitative estimate of drug-likeness (QED) is 0.558. The molecule has 176 valence electrons. The zero-order valence-corrected chi connectivity index (χ0v) is 19.1. The van der Waals surface area contributed by atoms with Crippen molar-refractivity contribution in [2.24, 2.45) is 0 Å². The lowest BCUT2D eigenvalue weighted by atomic mass is 10.00. The van der Waals surface area contributed by atoms with Crippen molar-refractivity contribution >= 4 is 18.0 Å². The number of hydrogen-bond acceptors (Lipinski definition) is 4. The second-order valence-corrected chi connectivity index (χ2v) is 8.73. The first-order valence-corrected chi connectivity index (χ1v) is 11.2. The number of nitrogens with one attached hydrogen (secondary N) is 1. The molecule has 1 aliphatic heterocycles. The average Bonchev–Trinajstić information content (AvgIpc) is 3.21. The Labute approximate surface area is 194 Å². The number of aliphatic hydroxyl groups excluding tert-OH is 1. The molecule has 8 heteroatoms. The van der Waals surface area contributed by atoms with E-state index in [9.17, 15) is 24.6 Å². The van der Waals surface area contributed by atoms with E-state index in [1.807, 2.05) is 36.4 Å². The Morgan fingerprint density at radius 2 is 1.70 bits per heavy atom. The highest BCUT2D eigenvalue weighted by Gasteiger charge is 2.54. The Bertz CT molecular complexity index is 969. The first-order chi connectivity index (χ1) is 15.8. The number of urea groups is 1. The Balaban J connectivity index is 1.77. The molecule has 2 aromatic carbocycles. The van der Waals surface area contributed by atoms with Crippen LogP contribution in [0.3, 0.4) is 0 Å². The smallest absolute Gasteiger partial charge is 0.435 e. The van der Waals surface area contributed by atoms with Gasteiger partial charge in [-0.05, 0) is 31.0 Å². The number of amides is 4. The standard InChI is InChI=1S/C25H31N3O5/c1-18-10-9-15-28(18,25(32)33)24(31)27(2)17-22(29)21(16-19-11-5-3-6-12-19)26-23(30)20-13-7-4-8-14-20/h3-8,11-14,18,21-22,29H,9-10,15-17H2,1-2H3,(H-,26,30,32,33)/p+1/t18-,21+,22?,28?/m1/s1. The lowest BCUT2D eigenvalue weighted by Gasteiger charge is -2.34. The minimum Gasteiger partial charge on any atom is -0.435 e. The van der Waals surface area contributed by atoms with E-state index in [1.54, 1.807) is 31.2 Å². The van der Waals surface area contributed by atoms with Gasteiger partial charge in [0, 0.05) is 25.5 Å². The van der Waals surface area contributed by atoms with Gasteiger partial charge in [0.2, 0.25) is 0 Å². The van der Waals surface area contributed by atoms with Crippen LogP contribution >= 0.6 is 0 Å². The molecule has 3 rings (SSSR count). The van der Waals surface area contributed by atoms with Crippen molar-refractivity contribution < 1.29 is 29.1 Å². The van der Waals surface area contributed by atoms with Crippen molar-refractivity contribution in [1.82, 2.24) is 10.2 Å². The summed E-state index contributed by atoms with van der Waals surface area (Å²) in [5.41, 5.74) is 1.39. The Morgan fingerprint density at radius 3 is 2.24 bits per heavy atom. The van der Waals surface area contributed by atoms with Crippen molar-refractivity contribution in [1.29, 1.82) is 0 Å². The second kappa shape index (κ2) is 10.6. The van der Waals surface area contributed by atoms with Crippen LogP contribution < -0.4 is 5.32 Å². The SMILES string of the molecule is C[C@@H]1CCC[N+]1(C(=O)O)C(=O)N(C)CC(O)[C@H](Cc1ccccc1)NC(=O)c1ccccc1. The van der Waals surface area contributed by atoms with E-state index in [0.717, 1.165) is 5.56 Å². The van der Waals surface area contributed by atoms with E-state index < -0.39 is 28.8 Å². The molecule has 2 unspecified atom stereocenters. The summed E-state index contributed by atoms with van der Waals surface area (Å²) in [5, 5.41) is 23.8. The van der Waals surface area contributed by atoms with Crippen LogP contribution in [0.5, 0.6) is 0 Å². The minimum absolute atomic E-state index is 0.106. The number of carbonyl (C=O) groups excluding carboxylic acids is 2. The van der Waals surface area contributed by atoms with Gasteiger partial charge < -0.3 is 15.5 Å². The fraction of sp³-hybridized carbons (Fsp3) is 0.400. The van der Waals surface area contributed by atoms with Crippen LogP contribution in [-0.2, 0) is 6.42 Å². The number of likely N-dealkylation sites (N-methyl/N-ethyl adjacent to an activating group) is 1. The minimum atomic E-state index is -1.18. The molecule has 1 fully saturated rings. The normalized spacial score (nSPS) is 21.7. The third-order valence-corrected chi connectivity index (χ3v) is 6.47. The first-order valence-electron chi connectivity index (χ1n) is 11.2. The molecule has 1 saturated heterocycles. The molecular weight excluding hydrogens is 422 g/mol. The van der Waals surface area contributed by atoms with Gasteiger partial charge in [-0.15, -0.1) is 4.48 Å². The fourth-order valence-electron chi connectivity index (χ4n) is 4.51. The number of carboxylic acid groups (broad SMARTS) is 1. The summed E-state index contributed by atoms with van der Waals surface area (Å²) < 4.78 is -0.664. The summed E-state index contributed by atoms with van der Waals surface area (Å²) in [6.45, 7) is 1.89. The van der Waals surface area contributed by atoms with E-state index in [0.29, 0.717) is 24.8 Å². The van der Waals surface area contributed by atoms with Gasteiger partial charge in [-0.25, -0.2) is 4.79 Å². The van der Waals surface area contributed by atoms with Crippen LogP contribution in [0.15, 0.2) is 60.7 Å². The van der Waals surface area contributed by atoms with Gasteiger partial charge in [0.05, 0.1) is 25.2 Å². The number of likely N-dealkylation sites (tertiary alicyclic amines) is 1. The number of benzene rings is 2. The number of imide groups is 1. The van der Waals surface area contributed by atoms with Crippen LogP contribution in [0.2, 0.25) is 0 Å². The van der Waals surface area contributed by atoms with Gasteiger partial charge in [0.1, 0.15) is 6.04 Å². The van der Waals surface area contributed by atoms with Crippen molar-refractivity contribution in [3.8, 4) is 0 Å². The fourth-order valence-corrected chi connectivity index (χ4v) is 4.51. The highest BCUT2D eigenvalue weighted by atomic mass is 16.4. The highest BCUT2D eigenvalue weighted by molar-refractivity contribution is 5.94. The van der Waals surface area contributed by atoms with Crippen molar-refractivity contribution in [2.45, 2.75) is 44.4 Å². The Kier molecular flexibility index (Phi) is 7.84. The van der Waals surface area contributed by atoms with Crippen molar-refractivity contribution in [3.63, 3.8) is 0 Å². The number of nitrogens with zero attached hydrogens (tertiary/aromatic N) is 2. The summed E-state index contributed by atoms with van der Waals surface area (Å²) in [4.78, 5) is 39.3. The zero-order valence-electron chi connectivity index (χ0n) is 19.1. The van der Waals surface area contributed by atoms with Crippen molar-refractivity contribution in [3.05, 3.63) is 71.8 Å². The molecule has 8 nitrogen and oxygen atoms in total. The average molecular weight is 455 g/mol. The van der Waals surface area contributed by atoms with E-state index in [4.69, 9.17) is 0 Å². The van der Waals surface area contributed by atoms with Gasteiger partial charge in [-0.1, -0.05) is 48.5 Å². The maximum atomic E-state index is 13.2. The molecule has 0 spiro atoms. The molecule has 1 aliphatic rings. The van der Waals surface area contributed by atoms with Gasteiger partial charge in [-0.3, -0.25) is 9.69 Å². The monoisotopic (exact) mass is 454 g/mol. The summed E-state index contributed by atoms with van der Waals surface area (Å²) in [6.07, 6.45) is -0.613. The summed E-state index contributed by atoms with van der Waals surface area (Å²) in [5.74, 6) is -0.327. The molecule has 0 saturated carbocycles. The molecule has 4 atom stereocenters. The number of rotatable bonds is 7. The third kappa shape index (κ3) is 5.40. The van der Waals surface area contributed by atoms with E-state index >= 15 is 0 Å². The van der Waals surface area contributed by atoms with Gasteiger partial charge in [0.25, 0.3) is 5.91 Å². The predicted octanol–water partition coefficient (Wildman–Crippen LogP) is 3.12. The molecule has 3 N–H and O–H groups in total. The maximum Gasteiger partial charge on any atom is 0.523 e. The Morgan fingerprint density at radius 1 is 1.09 bits per heavy atom. The first kappa shape index (κ1) is 24.4. The zero-order chi connectivity index (χ0) is 24.0. The molecule has 1 heterocycles. The third-order valence-electron chi connectivity index (χ3n) is 6.47. The van der Waals surface area contributed by atoms with Crippen LogP contribution in [-0.4, -0.2) is 76.0 Å². The summed E-state index contributed by atoms with van der Waals surface area (Å²) in [7, 11) is 1.50. The number of hydrogen-bond donors (Lipinski definition) is 3. The summed E-state index contributed by atoms with van der Waals surface area (Å²) >= 11 is 0. The topological polar surface area (TPSA) is 107 Å². The molecule has 33 heavy (non-hydrogen) atoms. The molecule has 0 aromatic heterocycles. The van der Waals surface area contributed by atoms with Crippen LogP contribution in [0.4, 0.5) is 9.59 Å². The molecule has 2 aromatic rings. The Hall–Kier alpha value is -3.23. The lowest BCUT2D eigenvalue weighted by Crippen LogP contribution is -2.63. The summed E-state index contributed by atoms with van der Waals surface area (Å²) in [6, 6.07) is 16.6. The van der Waals surface area contributed by atoms with Gasteiger partial charge in [0.15, 0.2) is 0 Å². The molecule has 0 aliphatic carbocycles. The maximum absolute atomic E-state index is 13.2.